The molecule has 4 rings (SSSR count). The lowest BCUT2D eigenvalue weighted by Gasteiger charge is -2.33. The van der Waals surface area contributed by atoms with Crippen LogP contribution in [0, 0.1) is 6.92 Å². The largest absolute Gasteiger partial charge is 0.497 e. The van der Waals surface area contributed by atoms with Gasteiger partial charge in [-0.3, -0.25) is 0 Å². The molecule has 0 radical (unpaired) electrons. The normalized spacial score (nSPS) is 14.7. The molecule has 1 saturated heterocycles. The minimum Gasteiger partial charge on any atom is -0.497 e. The summed E-state index contributed by atoms with van der Waals surface area (Å²) in [6, 6.07) is 14.4. The van der Waals surface area contributed by atoms with Gasteiger partial charge in [-0.1, -0.05) is 22.8 Å². The van der Waals surface area contributed by atoms with Gasteiger partial charge in [-0.25, -0.2) is 0 Å². The van der Waals surface area contributed by atoms with Crippen LogP contribution in [0.15, 0.2) is 42.5 Å². The van der Waals surface area contributed by atoms with Gasteiger partial charge < -0.3 is 19.7 Å². The van der Waals surface area contributed by atoms with Crippen LogP contribution in [0.1, 0.15) is 18.4 Å². The summed E-state index contributed by atoms with van der Waals surface area (Å²) < 4.78 is 12.5. The number of methoxy groups -OCH3 is 2. The van der Waals surface area contributed by atoms with Crippen molar-refractivity contribution in [3.8, 4) is 17.2 Å². The quantitative estimate of drug-likeness (QED) is 0.688. The Balaban J connectivity index is 1.42. The third-order valence-electron chi connectivity index (χ3n) is 5.23. The lowest BCUT2D eigenvalue weighted by molar-refractivity contribution is 0.394. The Morgan fingerprint density at radius 3 is 2.24 bits per heavy atom. The van der Waals surface area contributed by atoms with E-state index in [2.05, 4.69) is 44.8 Å². The molecule has 3 aromatic rings. The SMILES string of the molecule is COc1cc(NC2CCN(c3nnnn3-c3ccc(C)cc3)CC2)cc(OC)c1. The van der Waals surface area contributed by atoms with Gasteiger partial charge in [-0.2, -0.15) is 4.68 Å². The molecule has 2 heterocycles. The van der Waals surface area contributed by atoms with Crippen LogP contribution in [0.4, 0.5) is 11.6 Å². The molecule has 1 aromatic heterocycles. The van der Waals surface area contributed by atoms with Gasteiger partial charge in [0.1, 0.15) is 11.5 Å². The van der Waals surface area contributed by atoms with Gasteiger partial charge in [-0.05, 0) is 42.3 Å². The van der Waals surface area contributed by atoms with Crippen molar-refractivity contribution < 1.29 is 9.47 Å². The first-order valence-electron chi connectivity index (χ1n) is 9.76. The molecule has 8 nitrogen and oxygen atoms in total. The summed E-state index contributed by atoms with van der Waals surface area (Å²) >= 11 is 0. The Morgan fingerprint density at radius 1 is 0.966 bits per heavy atom. The summed E-state index contributed by atoms with van der Waals surface area (Å²) in [5.41, 5.74) is 3.19. The molecule has 152 valence electrons. The van der Waals surface area contributed by atoms with Crippen LogP contribution in [0.5, 0.6) is 11.5 Å². The number of rotatable bonds is 6. The molecule has 1 aliphatic heterocycles. The van der Waals surface area contributed by atoms with E-state index < -0.39 is 0 Å². The number of anilines is 2. The van der Waals surface area contributed by atoms with Gasteiger partial charge in [0.05, 0.1) is 19.9 Å². The lowest BCUT2D eigenvalue weighted by Crippen LogP contribution is -2.40. The summed E-state index contributed by atoms with van der Waals surface area (Å²) in [5, 5.41) is 16.0. The van der Waals surface area contributed by atoms with Crippen LogP contribution in [-0.4, -0.2) is 53.6 Å². The van der Waals surface area contributed by atoms with E-state index in [0.717, 1.165) is 54.8 Å². The Labute approximate surface area is 170 Å². The summed E-state index contributed by atoms with van der Waals surface area (Å²) in [6.45, 7) is 3.83. The Hall–Kier alpha value is -3.29. The Morgan fingerprint density at radius 2 is 1.62 bits per heavy atom. The Kier molecular flexibility index (Phi) is 5.50. The predicted octanol–water partition coefficient (Wildman–Crippen LogP) is 3.07. The minimum atomic E-state index is 0.367. The van der Waals surface area contributed by atoms with Gasteiger partial charge in [0, 0.05) is 43.0 Å². The van der Waals surface area contributed by atoms with E-state index in [1.54, 1.807) is 18.9 Å². The third kappa shape index (κ3) is 4.26. The van der Waals surface area contributed by atoms with Crippen molar-refractivity contribution in [1.82, 2.24) is 20.2 Å². The fraction of sp³-hybridized carbons (Fsp3) is 0.381. The molecule has 0 unspecified atom stereocenters. The van der Waals surface area contributed by atoms with Crippen LogP contribution in [-0.2, 0) is 0 Å². The van der Waals surface area contributed by atoms with E-state index in [1.165, 1.54) is 5.56 Å². The second kappa shape index (κ2) is 8.38. The van der Waals surface area contributed by atoms with Gasteiger partial charge in [-0.15, -0.1) is 0 Å². The maximum absolute atomic E-state index is 5.36. The van der Waals surface area contributed by atoms with Crippen molar-refractivity contribution in [2.45, 2.75) is 25.8 Å². The first-order valence-corrected chi connectivity index (χ1v) is 9.76. The smallest absolute Gasteiger partial charge is 0.250 e. The van der Waals surface area contributed by atoms with Crippen molar-refractivity contribution in [3.63, 3.8) is 0 Å². The van der Waals surface area contributed by atoms with Crippen molar-refractivity contribution in [3.05, 3.63) is 48.0 Å². The highest BCUT2D eigenvalue weighted by molar-refractivity contribution is 5.54. The van der Waals surface area contributed by atoms with E-state index in [0.29, 0.717) is 6.04 Å². The van der Waals surface area contributed by atoms with E-state index in [9.17, 15) is 0 Å². The highest BCUT2D eigenvalue weighted by Gasteiger charge is 2.24. The second-order valence-corrected chi connectivity index (χ2v) is 7.23. The van der Waals surface area contributed by atoms with Crippen LogP contribution >= 0.6 is 0 Å². The molecule has 0 amide bonds. The van der Waals surface area contributed by atoms with Crippen LogP contribution in [0.3, 0.4) is 0 Å². The molecular formula is C21H26N6O2. The molecule has 1 N–H and O–H groups in total. The number of nitrogens with one attached hydrogen (secondary N) is 1. The fourth-order valence-corrected chi connectivity index (χ4v) is 3.58. The third-order valence-corrected chi connectivity index (χ3v) is 5.23. The summed E-state index contributed by atoms with van der Waals surface area (Å²) in [4.78, 5) is 2.24. The number of hydrogen-bond donors (Lipinski definition) is 1. The van der Waals surface area contributed by atoms with Crippen LogP contribution < -0.4 is 19.7 Å². The van der Waals surface area contributed by atoms with Gasteiger partial charge in [0.25, 0.3) is 0 Å². The zero-order chi connectivity index (χ0) is 20.2. The number of tetrazole rings is 1. The molecule has 0 aliphatic carbocycles. The molecule has 29 heavy (non-hydrogen) atoms. The zero-order valence-corrected chi connectivity index (χ0v) is 17.0. The molecule has 0 atom stereocenters. The number of aromatic nitrogens is 4. The van der Waals surface area contributed by atoms with Crippen LogP contribution in [0.25, 0.3) is 5.69 Å². The summed E-state index contributed by atoms with van der Waals surface area (Å²) in [7, 11) is 3.32. The zero-order valence-electron chi connectivity index (χ0n) is 17.0. The van der Waals surface area contributed by atoms with Gasteiger partial charge in [0.2, 0.25) is 5.95 Å². The fourth-order valence-electron chi connectivity index (χ4n) is 3.58. The lowest BCUT2D eigenvalue weighted by atomic mass is 10.0. The number of ether oxygens (including phenoxy) is 2. The average molecular weight is 394 g/mol. The standard InChI is InChI=1S/C21H26N6O2/c1-15-4-6-18(7-5-15)27-21(23-24-25-27)26-10-8-16(9-11-26)22-17-12-19(28-2)14-20(13-17)29-3/h4-7,12-14,16,22H,8-11H2,1-3H3. The topological polar surface area (TPSA) is 77.3 Å². The highest BCUT2D eigenvalue weighted by atomic mass is 16.5. The van der Waals surface area contributed by atoms with E-state index in [4.69, 9.17) is 9.47 Å². The van der Waals surface area contributed by atoms with E-state index in [-0.39, 0.29) is 0 Å². The molecule has 1 fully saturated rings. The first-order chi connectivity index (χ1) is 14.2. The molecule has 2 aromatic carbocycles. The number of nitrogens with zero attached hydrogens (tertiary/aromatic N) is 5. The molecule has 8 heteroatoms. The number of hydrogen-bond acceptors (Lipinski definition) is 7. The van der Waals surface area contributed by atoms with Crippen molar-refractivity contribution in [2.75, 3.05) is 37.5 Å². The van der Waals surface area contributed by atoms with E-state index >= 15 is 0 Å². The number of aryl methyl sites for hydroxylation is 1. The van der Waals surface area contributed by atoms with Gasteiger partial charge >= 0.3 is 0 Å². The summed E-state index contributed by atoms with van der Waals surface area (Å²) in [6.07, 6.45) is 1.97. The van der Waals surface area contributed by atoms with Gasteiger partial charge in [0.15, 0.2) is 0 Å². The molecule has 0 spiro atoms. The van der Waals surface area contributed by atoms with Crippen molar-refractivity contribution in [2.24, 2.45) is 0 Å². The van der Waals surface area contributed by atoms with Crippen molar-refractivity contribution in [1.29, 1.82) is 0 Å². The summed E-state index contributed by atoms with van der Waals surface area (Å²) in [5.74, 6) is 2.35. The highest BCUT2D eigenvalue weighted by Crippen LogP contribution is 2.28. The maximum atomic E-state index is 5.36. The number of benzene rings is 2. The molecular weight excluding hydrogens is 368 g/mol. The monoisotopic (exact) mass is 394 g/mol. The van der Waals surface area contributed by atoms with Crippen LogP contribution in [0.2, 0.25) is 0 Å². The Bertz CT molecular complexity index is 926. The second-order valence-electron chi connectivity index (χ2n) is 7.23. The molecule has 0 bridgehead atoms. The molecule has 0 saturated carbocycles. The molecule has 1 aliphatic rings. The first kappa shape index (κ1) is 19.0. The number of piperidine rings is 1. The predicted molar refractivity (Wildman–Crippen MR) is 112 cm³/mol. The maximum Gasteiger partial charge on any atom is 0.250 e. The minimum absolute atomic E-state index is 0.367. The van der Waals surface area contributed by atoms with Crippen molar-refractivity contribution >= 4 is 11.6 Å². The average Bonchev–Trinajstić information content (AvgIpc) is 3.24. The van der Waals surface area contributed by atoms with E-state index in [1.807, 2.05) is 30.3 Å².